The highest BCUT2D eigenvalue weighted by atomic mass is 19.3. The lowest BCUT2D eigenvalue weighted by molar-refractivity contribution is 0.0651. The van der Waals surface area contributed by atoms with Gasteiger partial charge in [0.05, 0.1) is 6.04 Å². The summed E-state index contributed by atoms with van der Waals surface area (Å²) in [7, 11) is 3.66. The fraction of sp³-hybridized carbons (Fsp3) is 0.552. The van der Waals surface area contributed by atoms with Gasteiger partial charge < -0.3 is 19.5 Å². The molecule has 0 bridgehead atoms. The van der Waals surface area contributed by atoms with Gasteiger partial charge in [-0.3, -0.25) is 4.68 Å². The number of allylic oxidation sites excluding steroid dienone is 2. The highest BCUT2D eigenvalue weighted by Gasteiger charge is 2.33. The zero-order valence-electron chi connectivity index (χ0n) is 23.1. The van der Waals surface area contributed by atoms with E-state index in [0.29, 0.717) is 11.6 Å². The summed E-state index contributed by atoms with van der Waals surface area (Å²) in [4.78, 5) is 4.50. The molecule has 1 aromatic heterocycles. The normalized spacial score (nSPS) is 18.6. The molecule has 4 heterocycles. The molecule has 0 radical (unpaired) electrons. The molecule has 1 N–H and O–H groups in total. The van der Waals surface area contributed by atoms with Crippen LogP contribution < -0.4 is 10.3 Å². The minimum atomic E-state index is -2.57. The number of rotatable bonds is 7. The van der Waals surface area contributed by atoms with Gasteiger partial charge in [0, 0.05) is 87.8 Å². The predicted octanol–water partition coefficient (Wildman–Crippen LogP) is 5.58. The Balaban J connectivity index is 1.61. The van der Waals surface area contributed by atoms with Crippen LogP contribution in [0.4, 0.5) is 20.3 Å². The quantitative estimate of drug-likeness (QED) is 0.476. The Morgan fingerprint density at radius 1 is 1.21 bits per heavy atom. The molecule has 1 aromatic carbocycles. The second kappa shape index (κ2) is 11.1. The van der Waals surface area contributed by atoms with Crippen molar-refractivity contribution in [2.75, 3.05) is 45.3 Å². The number of anilines is 2. The van der Waals surface area contributed by atoms with Crippen molar-refractivity contribution < 1.29 is 13.5 Å². The summed E-state index contributed by atoms with van der Waals surface area (Å²) in [5.74, 6) is 0.911. The fourth-order valence-electron chi connectivity index (χ4n) is 6.02. The van der Waals surface area contributed by atoms with Gasteiger partial charge in [0.15, 0.2) is 5.82 Å². The number of benzene rings is 1. The van der Waals surface area contributed by atoms with E-state index in [4.69, 9.17) is 9.84 Å². The minimum absolute atomic E-state index is 0.0650. The third-order valence-corrected chi connectivity index (χ3v) is 8.17. The van der Waals surface area contributed by atoms with Gasteiger partial charge in [-0.1, -0.05) is 6.58 Å². The van der Waals surface area contributed by atoms with Crippen molar-refractivity contribution in [3.05, 3.63) is 58.6 Å². The van der Waals surface area contributed by atoms with Gasteiger partial charge in [-0.2, -0.15) is 5.10 Å². The van der Waals surface area contributed by atoms with Crippen LogP contribution in [0.25, 0.3) is 5.57 Å². The smallest absolute Gasteiger partial charge is 0.264 e. The van der Waals surface area contributed by atoms with Gasteiger partial charge in [-0.25, -0.2) is 14.2 Å². The highest BCUT2D eigenvalue weighted by molar-refractivity contribution is 5.75. The maximum Gasteiger partial charge on any atom is 0.264 e. The Morgan fingerprint density at radius 3 is 2.66 bits per heavy atom. The number of fused-ring (bicyclic) bond motifs is 2. The molecule has 2 aromatic rings. The largest absolute Gasteiger partial charge is 0.381 e. The molecule has 5 rings (SSSR count). The van der Waals surface area contributed by atoms with E-state index in [2.05, 4.69) is 26.5 Å². The van der Waals surface area contributed by atoms with E-state index in [9.17, 15) is 8.78 Å². The lowest BCUT2D eigenvalue weighted by Gasteiger charge is -2.34. The molecule has 1 fully saturated rings. The van der Waals surface area contributed by atoms with Crippen molar-refractivity contribution in [1.29, 1.82) is 0 Å². The van der Waals surface area contributed by atoms with Crippen molar-refractivity contribution in [1.82, 2.24) is 25.1 Å². The molecule has 3 aliphatic rings. The van der Waals surface area contributed by atoms with Crippen LogP contribution in [-0.2, 0) is 24.1 Å². The van der Waals surface area contributed by atoms with E-state index < -0.39 is 6.43 Å². The molecular weight excluding hydrogens is 486 g/mol. The number of ether oxygens (including phenoxy) is 1. The molecular formula is C29H40F2N6O. The summed E-state index contributed by atoms with van der Waals surface area (Å²) in [6.45, 7) is 12.0. The third kappa shape index (κ3) is 5.06. The predicted molar refractivity (Wildman–Crippen MR) is 147 cm³/mol. The maximum atomic E-state index is 14.4. The van der Waals surface area contributed by atoms with Crippen molar-refractivity contribution in [3.8, 4) is 0 Å². The number of nitrogens with zero attached hydrogens (tertiary/aromatic N) is 5. The van der Waals surface area contributed by atoms with Crippen molar-refractivity contribution in [2.24, 2.45) is 0 Å². The zero-order chi connectivity index (χ0) is 27.0. The van der Waals surface area contributed by atoms with E-state index in [1.165, 1.54) is 11.3 Å². The van der Waals surface area contributed by atoms with Crippen LogP contribution >= 0.6 is 0 Å². The van der Waals surface area contributed by atoms with E-state index >= 15 is 0 Å². The number of aryl methyl sites for hydroxylation is 1. The summed E-state index contributed by atoms with van der Waals surface area (Å²) in [5, 5.41) is 7.01. The second-order valence-electron chi connectivity index (χ2n) is 10.7. The van der Waals surface area contributed by atoms with Gasteiger partial charge in [0.25, 0.3) is 6.43 Å². The summed E-state index contributed by atoms with van der Waals surface area (Å²) in [5.41, 5.74) is 9.95. The first-order chi connectivity index (χ1) is 18.3. The standard InChI is InChI=1S/C29H40F2N6O/c1-19(2)35-12-8-26-25(18-35)29(33-37(26)22-9-13-38-14-10-22)36-11-6-7-21-15-23(20(3)17-34(5)32-4)24(28(30)31)16-27(21)36/h15-17,22,28,32H,1,6-14,18H2,2-5H3/b20-17+. The van der Waals surface area contributed by atoms with Crippen LogP contribution in [0.15, 0.2) is 30.6 Å². The minimum Gasteiger partial charge on any atom is -0.381 e. The molecule has 0 aliphatic carbocycles. The monoisotopic (exact) mass is 526 g/mol. The lowest BCUT2D eigenvalue weighted by Crippen LogP contribution is -2.32. The number of nitrogens with one attached hydrogen (secondary N) is 1. The van der Waals surface area contributed by atoms with Gasteiger partial charge in [-0.15, -0.1) is 0 Å². The highest BCUT2D eigenvalue weighted by Crippen LogP contribution is 2.43. The number of halogens is 2. The molecule has 0 unspecified atom stereocenters. The average molecular weight is 527 g/mol. The van der Waals surface area contributed by atoms with Gasteiger partial charge in [-0.05, 0) is 68.4 Å². The Morgan fingerprint density at radius 2 is 1.97 bits per heavy atom. The number of hydrogen-bond acceptors (Lipinski definition) is 6. The SMILES string of the molecule is C=C(C)N1CCc2c(c(N3CCCc4cc(/C(C)=C/N(C)NC)c(C(F)F)cc43)nn2C2CCOCC2)C1. The van der Waals surface area contributed by atoms with Crippen LogP contribution in [0.2, 0.25) is 0 Å². The van der Waals surface area contributed by atoms with Crippen LogP contribution in [0, 0.1) is 0 Å². The summed E-state index contributed by atoms with van der Waals surface area (Å²) >= 11 is 0. The van der Waals surface area contributed by atoms with Crippen LogP contribution in [-0.4, -0.2) is 60.1 Å². The first-order valence-electron chi connectivity index (χ1n) is 13.7. The van der Waals surface area contributed by atoms with E-state index in [1.54, 1.807) is 18.1 Å². The fourth-order valence-corrected chi connectivity index (χ4v) is 6.02. The number of aromatic nitrogens is 2. The van der Waals surface area contributed by atoms with Crippen molar-refractivity contribution in [2.45, 2.75) is 65.0 Å². The van der Waals surface area contributed by atoms with Crippen LogP contribution in [0.3, 0.4) is 0 Å². The molecule has 9 heteroatoms. The summed E-state index contributed by atoms with van der Waals surface area (Å²) in [6, 6.07) is 3.99. The van der Waals surface area contributed by atoms with E-state index in [1.807, 2.05) is 33.2 Å². The van der Waals surface area contributed by atoms with Crippen molar-refractivity contribution >= 4 is 17.1 Å². The van der Waals surface area contributed by atoms with Crippen LogP contribution in [0.1, 0.15) is 73.5 Å². The maximum absolute atomic E-state index is 14.4. The van der Waals surface area contributed by atoms with E-state index in [0.717, 1.165) is 93.3 Å². The number of alkyl halides is 2. The molecule has 0 saturated carbocycles. The Kier molecular flexibility index (Phi) is 7.77. The van der Waals surface area contributed by atoms with Gasteiger partial charge >= 0.3 is 0 Å². The summed E-state index contributed by atoms with van der Waals surface area (Å²) in [6.07, 6.45) is 3.87. The Labute approximate surface area is 224 Å². The van der Waals surface area contributed by atoms with Gasteiger partial charge in [0.1, 0.15) is 0 Å². The Bertz CT molecular complexity index is 1220. The van der Waals surface area contributed by atoms with Gasteiger partial charge in [0.2, 0.25) is 0 Å². The molecule has 0 amide bonds. The molecule has 38 heavy (non-hydrogen) atoms. The van der Waals surface area contributed by atoms with Crippen molar-refractivity contribution in [3.63, 3.8) is 0 Å². The topological polar surface area (TPSA) is 48.8 Å². The first-order valence-corrected chi connectivity index (χ1v) is 13.7. The molecule has 0 spiro atoms. The number of hydrazine groups is 1. The Hall–Kier alpha value is -2.91. The van der Waals surface area contributed by atoms with Crippen LogP contribution in [0.5, 0.6) is 0 Å². The number of hydrogen-bond donors (Lipinski definition) is 1. The molecule has 1 saturated heterocycles. The second-order valence-corrected chi connectivity index (χ2v) is 10.7. The lowest BCUT2D eigenvalue weighted by atomic mass is 9.92. The molecule has 206 valence electrons. The average Bonchev–Trinajstić information content (AvgIpc) is 3.31. The molecule has 7 nitrogen and oxygen atoms in total. The third-order valence-electron chi connectivity index (χ3n) is 8.17. The zero-order valence-corrected chi connectivity index (χ0v) is 23.1. The molecule has 3 aliphatic heterocycles. The molecule has 0 atom stereocenters. The van der Waals surface area contributed by atoms with E-state index in [-0.39, 0.29) is 5.56 Å². The summed E-state index contributed by atoms with van der Waals surface area (Å²) < 4.78 is 36.8. The first kappa shape index (κ1) is 26.7.